The fraction of sp³-hybridized carbons (Fsp3) is 0.200. The van der Waals surface area contributed by atoms with Gasteiger partial charge in [-0.05, 0) is 77.9 Å². The summed E-state index contributed by atoms with van der Waals surface area (Å²) in [4.78, 5) is 60.6. The van der Waals surface area contributed by atoms with Crippen molar-refractivity contribution in [2.24, 2.45) is 23.7 Å². The van der Waals surface area contributed by atoms with Crippen LogP contribution in [0.15, 0.2) is 139 Å². The molecule has 0 radical (unpaired) electrons. The number of fused-ring (bicyclic) bond motifs is 4. The Balaban J connectivity index is 1.13. The smallest absolute Gasteiger partial charge is 0.238 e. The normalized spacial score (nSPS) is 24.9. The summed E-state index contributed by atoms with van der Waals surface area (Å²) in [6.07, 6.45) is 7.36. The number of ether oxygens (including phenoxy) is 2. The van der Waals surface area contributed by atoms with E-state index in [0.717, 1.165) is 17.2 Å². The number of Topliss-reactive ketones (excluding diaryl/α,β-unsaturated/α-hetero) is 1. The number of ketones is 2. The number of para-hydroxylation sites is 1. The van der Waals surface area contributed by atoms with Crippen molar-refractivity contribution in [2.45, 2.75) is 24.2 Å². The van der Waals surface area contributed by atoms with E-state index in [4.69, 9.17) is 9.47 Å². The number of carbonyl (C=O) groups is 4. The highest BCUT2D eigenvalue weighted by Gasteiger charge is 2.66. The standard InChI is InChI=1S/C50H40FNO7/c1-58-34-22-25-42(59-2)31(26-34)19-16-29-17-20-33(21-18-29)52-48(56)36-24-23-35-39(44(36)49(52)57)27-40-46(54)38(30-10-5-3-6-11-30)28-43(53)50(40,32-12-7-4-8-13-32)45(35)37-14-9-15-41(51)47(37)55/h3-23,25-26,28,36,39-40,44-45,55H,24,27H2,1-2H3/t36-,39+,40-,44-,45+,50-/m0/s1. The fourth-order valence-electron chi connectivity index (χ4n) is 10.1. The van der Waals surface area contributed by atoms with Crippen molar-refractivity contribution in [3.8, 4) is 17.2 Å². The van der Waals surface area contributed by atoms with E-state index >= 15 is 14.0 Å². The van der Waals surface area contributed by atoms with Crippen LogP contribution in [0.3, 0.4) is 0 Å². The van der Waals surface area contributed by atoms with Gasteiger partial charge in [0.15, 0.2) is 23.1 Å². The molecule has 6 atom stereocenters. The van der Waals surface area contributed by atoms with E-state index in [2.05, 4.69) is 0 Å². The second kappa shape index (κ2) is 14.8. The number of phenolic OH excluding ortho intramolecular Hbond substituents is 1. The number of amides is 2. The third-order valence-electron chi connectivity index (χ3n) is 12.7. The van der Waals surface area contributed by atoms with E-state index in [1.165, 1.54) is 17.0 Å². The van der Waals surface area contributed by atoms with Gasteiger partial charge in [-0.3, -0.25) is 24.1 Å². The second-order valence-corrected chi connectivity index (χ2v) is 15.5. The van der Waals surface area contributed by atoms with Gasteiger partial charge in [-0.2, -0.15) is 0 Å². The van der Waals surface area contributed by atoms with Gasteiger partial charge in [0, 0.05) is 28.5 Å². The van der Waals surface area contributed by atoms with Crippen LogP contribution in [0.5, 0.6) is 17.2 Å². The van der Waals surface area contributed by atoms with Crippen molar-refractivity contribution < 1.29 is 38.1 Å². The lowest BCUT2D eigenvalue weighted by atomic mass is 9.44. The molecule has 5 aromatic rings. The summed E-state index contributed by atoms with van der Waals surface area (Å²) >= 11 is 0. The zero-order valence-electron chi connectivity index (χ0n) is 32.4. The summed E-state index contributed by atoms with van der Waals surface area (Å²) in [5.41, 5.74) is 2.64. The molecule has 9 heteroatoms. The van der Waals surface area contributed by atoms with Gasteiger partial charge in [-0.25, -0.2) is 4.39 Å². The second-order valence-electron chi connectivity index (χ2n) is 15.5. The Morgan fingerprint density at radius 2 is 1.51 bits per heavy atom. The highest BCUT2D eigenvalue weighted by Crippen LogP contribution is 2.64. The van der Waals surface area contributed by atoms with Crippen LogP contribution >= 0.6 is 0 Å². The Labute approximate surface area is 340 Å². The quantitative estimate of drug-likeness (QED) is 0.0952. The molecular formula is C50H40FNO7. The first-order valence-corrected chi connectivity index (χ1v) is 19.6. The lowest BCUT2D eigenvalue weighted by Gasteiger charge is -2.55. The number of nitrogens with zero attached hydrogens (tertiary/aromatic N) is 1. The van der Waals surface area contributed by atoms with Crippen LogP contribution < -0.4 is 14.4 Å². The van der Waals surface area contributed by atoms with Crippen molar-refractivity contribution >= 4 is 46.8 Å². The average Bonchev–Trinajstić information content (AvgIpc) is 3.53. The molecule has 59 heavy (non-hydrogen) atoms. The number of benzene rings is 5. The average molecular weight is 786 g/mol. The minimum atomic E-state index is -1.58. The molecule has 2 amide bonds. The third kappa shape index (κ3) is 5.94. The van der Waals surface area contributed by atoms with Gasteiger partial charge in [0.25, 0.3) is 0 Å². The molecule has 5 aromatic carbocycles. The first-order chi connectivity index (χ1) is 28.7. The highest BCUT2D eigenvalue weighted by molar-refractivity contribution is 6.32. The van der Waals surface area contributed by atoms with E-state index in [9.17, 15) is 14.7 Å². The molecule has 1 saturated heterocycles. The van der Waals surface area contributed by atoms with Gasteiger partial charge in [-0.15, -0.1) is 0 Å². The van der Waals surface area contributed by atoms with Crippen molar-refractivity contribution in [3.05, 3.63) is 173 Å². The molecule has 1 saturated carbocycles. The van der Waals surface area contributed by atoms with Crippen molar-refractivity contribution in [2.75, 3.05) is 19.1 Å². The molecule has 3 aliphatic carbocycles. The topological polar surface area (TPSA) is 110 Å². The maximum absolute atomic E-state index is 15.4. The number of allylic oxidation sites excluding steroid dienone is 4. The largest absolute Gasteiger partial charge is 0.505 e. The third-order valence-corrected chi connectivity index (χ3v) is 12.7. The number of phenols is 1. The van der Waals surface area contributed by atoms with Crippen molar-refractivity contribution in [1.29, 1.82) is 0 Å². The van der Waals surface area contributed by atoms with E-state index in [0.29, 0.717) is 33.9 Å². The molecule has 9 rings (SSSR count). The Morgan fingerprint density at radius 1 is 0.780 bits per heavy atom. The Kier molecular flexibility index (Phi) is 9.46. The molecule has 0 spiro atoms. The molecule has 8 nitrogen and oxygen atoms in total. The van der Waals surface area contributed by atoms with Gasteiger partial charge in [-0.1, -0.05) is 109 Å². The van der Waals surface area contributed by atoms with E-state index < -0.39 is 52.5 Å². The predicted octanol–water partition coefficient (Wildman–Crippen LogP) is 8.75. The van der Waals surface area contributed by atoms with Gasteiger partial charge in [0.1, 0.15) is 11.5 Å². The molecule has 0 unspecified atom stereocenters. The zero-order valence-corrected chi connectivity index (χ0v) is 32.4. The molecule has 1 N–H and O–H groups in total. The number of imide groups is 1. The number of methoxy groups -OCH3 is 2. The lowest BCUT2D eigenvalue weighted by Crippen LogP contribution is -2.58. The van der Waals surface area contributed by atoms with Crippen LogP contribution in [0.25, 0.3) is 17.7 Å². The SMILES string of the molecule is COc1ccc(OC)c(C=Cc2ccc(N3C(=O)[C@H]4[C@H](CC=C5[C@H]4C[C@H]4C(=O)C(c6ccccc6)=CC(=O)[C@@]4(c4ccccc4)[C@H]5c4cccc(F)c4O)C3=O)cc2)c1. The lowest BCUT2D eigenvalue weighted by molar-refractivity contribution is -0.135. The molecule has 2 fully saturated rings. The monoisotopic (exact) mass is 785 g/mol. The summed E-state index contributed by atoms with van der Waals surface area (Å²) < 4.78 is 26.3. The molecule has 4 aliphatic rings. The maximum Gasteiger partial charge on any atom is 0.238 e. The summed E-state index contributed by atoms with van der Waals surface area (Å²) in [6.45, 7) is 0. The number of hydrogen-bond donors (Lipinski definition) is 1. The fourth-order valence-corrected chi connectivity index (χ4v) is 10.1. The van der Waals surface area contributed by atoms with Crippen LogP contribution in [0.4, 0.5) is 10.1 Å². The number of halogens is 1. The van der Waals surface area contributed by atoms with Gasteiger partial charge in [0.2, 0.25) is 11.8 Å². The minimum Gasteiger partial charge on any atom is -0.505 e. The van der Waals surface area contributed by atoms with Crippen molar-refractivity contribution in [3.63, 3.8) is 0 Å². The molecule has 0 aromatic heterocycles. The molecule has 1 heterocycles. The highest BCUT2D eigenvalue weighted by atomic mass is 19.1. The summed E-state index contributed by atoms with van der Waals surface area (Å²) in [5.74, 6) is -5.81. The number of anilines is 1. The molecule has 0 bridgehead atoms. The molecule has 294 valence electrons. The minimum absolute atomic E-state index is 0.0908. The van der Waals surface area contributed by atoms with Crippen molar-refractivity contribution in [1.82, 2.24) is 0 Å². The van der Waals surface area contributed by atoms with E-state index in [1.807, 2.05) is 60.7 Å². The number of carbonyl (C=O) groups excluding carboxylic acids is 4. The zero-order chi connectivity index (χ0) is 41.0. The summed E-state index contributed by atoms with van der Waals surface area (Å²) in [6, 6.07) is 34.8. The Morgan fingerprint density at radius 3 is 2.22 bits per heavy atom. The Hall–Kier alpha value is -6.87. The van der Waals surface area contributed by atoms with Gasteiger partial charge < -0.3 is 14.6 Å². The van der Waals surface area contributed by atoms with Crippen LogP contribution in [0, 0.1) is 29.5 Å². The first-order valence-electron chi connectivity index (χ1n) is 19.6. The number of rotatable bonds is 8. The summed E-state index contributed by atoms with van der Waals surface area (Å²) in [7, 11) is 3.19. The van der Waals surface area contributed by atoms with E-state index in [1.54, 1.807) is 80.9 Å². The Bertz CT molecular complexity index is 2620. The van der Waals surface area contributed by atoms with Gasteiger partial charge >= 0.3 is 0 Å². The maximum atomic E-state index is 15.4. The molecular weight excluding hydrogens is 746 g/mol. The van der Waals surface area contributed by atoms with Crippen LogP contribution in [-0.4, -0.2) is 42.7 Å². The van der Waals surface area contributed by atoms with E-state index in [-0.39, 0.29) is 41.5 Å². The van der Waals surface area contributed by atoms with Crippen LogP contribution in [-0.2, 0) is 24.6 Å². The number of aromatic hydroxyl groups is 1. The predicted molar refractivity (Wildman–Crippen MR) is 222 cm³/mol. The van der Waals surface area contributed by atoms with Crippen LogP contribution in [0.1, 0.15) is 46.6 Å². The van der Waals surface area contributed by atoms with Crippen LogP contribution in [0.2, 0.25) is 0 Å². The number of hydrogen-bond acceptors (Lipinski definition) is 7. The molecule has 1 aliphatic heterocycles. The summed E-state index contributed by atoms with van der Waals surface area (Å²) in [5, 5.41) is 11.5. The van der Waals surface area contributed by atoms with Gasteiger partial charge in [0.05, 0.1) is 37.2 Å². The first kappa shape index (κ1) is 37.7.